The Hall–Kier alpha value is -2.32. The third-order valence-corrected chi connectivity index (χ3v) is 5.51. The van der Waals surface area contributed by atoms with Crippen LogP contribution in [0.4, 0.5) is 0 Å². The van der Waals surface area contributed by atoms with Crippen LogP contribution in [0.2, 0.25) is 5.02 Å². The van der Waals surface area contributed by atoms with Crippen LogP contribution in [-0.2, 0) is 17.6 Å². The zero-order valence-electron chi connectivity index (χ0n) is 18.3. The fourth-order valence-electron chi connectivity index (χ4n) is 3.82. The molecule has 0 bridgehead atoms. The molecule has 4 rings (SSSR count). The van der Waals surface area contributed by atoms with E-state index in [4.69, 9.17) is 26.0 Å². The monoisotopic (exact) mass is 513 g/mol. The number of hydrogen-bond acceptors (Lipinski definition) is 6. The van der Waals surface area contributed by atoms with Gasteiger partial charge in [-0.2, -0.15) is 4.98 Å². The number of aliphatic carboxylic acids is 1. The molecule has 0 amide bonds. The van der Waals surface area contributed by atoms with Crippen molar-refractivity contribution in [2.45, 2.75) is 32.8 Å². The molecule has 1 aliphatic heterocycles. The van der Waals surface area contributed by atoms with Crippen molar-refractivity contribution in [1.29, 1.82) is 0 Å². The highest BCUT2D eigenvalue weighted by Gasteiger charge is 2.21. The number of halogens is 3. The summed E-state index contributed by atoms with van der Waals surface area (Å²) in [6.45, 7) is 5.32. The summed E-state index contributed by atoms with van der Waals surface area (Å²) >= 11 is 6.35. The van der Waals surface area contributed by atoms with Crippen molar-refractivity contribution in [2.75, 3.05) is 19.6 Å². The van der Waals surface area contributed by atoms with E-state index in [1.54, 1.807) is 12.1 Å². The van der Waals surface area contributed by atoms with Gasteiger partial charge in [0.2, 0.25) is 5.82 Å². The SMILES string of the molecule is CC(C)Oc1ccc(-c2nc(-c3cccc4c3CCN(CC(=O)O)CC4)no2)cc1Cl.Cl.Cl. The van der Waals surface area contributed by atoms with Gasteiger partial charge >= 0.3 is 5.97 Å². The van der Waals surface area contributed by atoms with Crippen molar-refractivity contribution in [2.24, 2.45) is 0 Å². The van der Waals surface area contributed by atoms with Crippen LogP contribution in [0.5, 0.6) is 5.75 Å². The number of benzene rings is 2. The summed E-state index contributed by atoms with van der Waals surface area (Å²) < 4.78 is 11.2. The summed E-state index contributed by atoms with van der Waals surface area (Å²) in [5.74, 6) is 0.695. The zero-order valence-corrected chi connectivity index (χ0v) is 20.7. The quantitative estimate of drug-likeness (QED) is 0.485. The molecule has 3 aromatic rings. The Kier molecular flexibility index (Phi) is 9.55. The molecule has 0 atom stereocenters. The molecule has 0 saturated carbocycles. The van der Waals surface area contributed by atoms with E-state index in [-0.39, 0.29) is 37.5 Å². The highest BCUT2D eigenvalue weighted by molar-refractivity contribution is 6.32. The van der Waals surface area contributed by atoms with E-state index in [1.807, 2.05) is 36.9 Å². The minimum absolute atomic E-state index is 0. The van der Waals surface area contributed by atoms with E-state index in [0.717, 1.165) is 29.5 Å². The van der Waals surface area contributed by atoms with E-state index in [9.17, 15) is 4.79 Å². The maximum atomic E-state index is 11.1. The average molecular weight is 515 g/mol. The number of carboxylic acids is 1. The van der Waals surface area contributed by atoms with Gasteiger partial charge in [0.05, 0.1) is 17.7 Å². The maximum absolute atomic E-state index is 11.1. The number of fused-ring (bicyclic) bond motifs is 1. The van der Waals surface area contributed by atoms with Crippen LogP contribution in [0.1, 0.15) is 25.0 Å². The van der Waals surface area contributed by atoms with Gasteiger partial charge in [-0.25, -0.2) is 0 Å². The molecule has 1 aliphatic rings. The van der Waals surface area contributed by atoms with E-state index in [1.165, 1.54) is 5.56 Å². The van der Waals surface area contributed by atoms with Crippen LogP contribution < -0.4 is 4.74 Å². The molecule has 7 nitrogen and oxygen atoms in total. The van der Waals surface area contributed by atoms with Crippen molar-refractivity contribution in [3.05, 3.63) is 52.5 Å². The third-order valence-electron chi connectivity index (χ3n) is 5.22. The molecule has 2 heterocycles. The minimum atomic E-state index is -0.808. The Morgan fingerprint density at radius 2 is 1.97 bits per heavy atom. The lowest BCUT2D eigenvalue weighted by Crippen LogP contribution is -2.31. The van der Waals surface area contributed by atoms with Gasteiger partial charge in [0.25, 0.3) is 5.89 Å². The Labute approximate surface area is 209 Å². The Morgan fingerprint density at radius 1 is 1.21 bits per heavy atom. The van der Waals surface area contributed by atoms with Gasteiger partial charge in [-0.15, -0.1) is 24.8 Å². The first-order chi connectivity index (χ1) is 14.9. The van der Waals surface area contributed by atoms with Gasteiger partial charge in [0.15, 0.2) is 0 Å². The largest absolute Gasteiger partial charge is 0.489 e. The molecule has 0 radical (unpaired) electrons. The molecule has 0 aliphatic carbocycles. The van der Waals surface area contributed by atoms with Crippen LogP contribution in [-0.4, -0.2) is 51.9 Å². The molecule has 1 aromatic heterocycles. The third kappa shape index (κ3) is 6.38. The smallest absolute Gasteiger partial charge is 0.317 e. The number of ether oxygens (including phenoxy) is 1. The number of nitrogens with zero attached hydrogens (tertiary/aromatic N) is 3. The molecular weight excluding hydrogens is 489 g/mol. The lowest BCUT2D eigenvalue weighted by atomic mass is 9.97. The van der Waals surface area contributed by atoms with Crippen molar-refractivity contribution in [3.8, 4) is 28.6 Å². The van der Waals surface area contributed by atoms with Gasteiger partial charge in [0.1, 0.15) is 5.75 Å². The number of aromatic nitrogens is 2. The normalized spacial score (nSPS) is 13.5. The average Bonchev–Trinajstić information content (AvgIpc) is 3.12. The van der Waals surface area contributed by atoms with Crippen LogP contribution in [0.25, 0.3) is 22.8 Å². The second kappa shape index (κ2) is 11.7. The lowest BCUT2D eigenvalue weighted by Gasteiger charge is -2.16. The Bertz CT molecular complexity index is 1100. The van der Waals surface area contributed by atoms with Crippen LogP contribution in [0.3, 0.4) is 0 Å². The first kappa shape index (κ1) is 26.9. The highest BCUT2D eigenvalue weighted by Crippen LogP contribution is 2.32. The maximum Gasteiger partial charge on any atom is 0.317 e. The van der Waals surface area contributed by atoms with Gasteiger partial charge in [-0.05, 0) is 56.0 Å². The predicted molar refractivity (Wildman–Crippen MR) is 132 cm³/mol. The van der Waals surface area contributed by atoms with Gasteiger partial charge in [-0.3, -0.25) is 9.69 Å². The van der Waals surface area contributed by atoms with Gasteiger partial charge in [-0.1, -0.05) is 35.0 Å². The number of carbonyl (C=O) groups is 1. The van der Waals surface area contributed by atoms with Crippen molar-refractivity contribution < 1.29 is 19.2 Å². The molecule has 33 heavy (non-hydrogen) atoms. The summed E-state index contributed by atoms with van der Waals surface area (Å²) in [7, 11) is 0. The first-order valence-electron chi connectivity index (χ1n) is 10.3. The number of rotatable bonds is 6. The molecule has 0 fully saturated rings. The molecule has 10 heteroatoms. The first-order valence-corrected chi connectivity index (χ1v) is 10.6. The summed E-state index contributed by atoms with van der Waals surface area (Å²) in [6.07, 6.45) is 1.54. The van der Waals surface area contributed by atoms with E-state index >= 15 is 0 Å². The zero-order chi connectivity index (χ0) is 22.0. The molecule has 2 aromatic carbocycles. The topological polar surface area (TPSA) is 88.7 Å². The second-order valence-corrected chi connectivity index (χ2v) is 8.26. The molecular formula is C23H26Cl3N3O4. The standard InChI is InChI=1S/C23H24ClN3O4.2ClH/c1-14(2)30-20-7-6-16(12-19(20)24)23-25-22(26-31-23)18-5-3-4-15-8-10-27(13-21(28)29)11-9-17(15)18;;/h3-7,12,14H,8-11,13H2,1-2H3,(H,28,29);2*1H. The number of carboxylic acid groups (broad SMARTS) is 1. The molecule has 1 N–H and O–H groups in total. The lowest BCUT2D eigenvalue weighted by molar-refractivity contribution is -0.138. The van der Waals surface area contributed by atoms with Gasteiger partial charge in [0, 0.05) is 24.2 Å². The summed E-state index contributed by atoms with van der Waals surface area (Å²) in [6, 6.07) is 11.4. The van der Waals surface area contributed by atoms with Crippen LogP contribution in [0.15, 0.2) is 40.9 Å². The Morgan fingerprint density at radius 3 is 2.67 bits per heavy atom. The van der Waals surface area contributed by atoms with E-state index < -0.39 is 5.97 Å². The van der Waals surface area contributed by atoms with Crippen molar-refractivity contribution in [3.63, 3.8) is 0 Å². The molecule has 0 saturated heterocycles. The molecule has 178 valence electrons. The Balaban J connectivity index is 0.00000193. The van der Waals surface area contributed by atoms with Crippen LogP contribution >= 0.6 is 36.4 Å². The fourth-order valence-corrected chi connectivity index (χ4v) is 4.04. The second-order valence-electron chi connectivity index (χ2n) is 7.85. The van der Waals surface area contributed by atoms with Crippen molar-refractivity contribution >= 4 is 42.4 Å². The predicted octanol–water partition coefficient (Wildman–Crippen LogP) is 5.17. The molecule has 0 unspecified atom stereocenters. The van der Waals surface area contributed by atoms with E-state index in [2.05, 4.69) is 16.2 Å². The summed E-state index contributed by atoms with van der Waals surface area (Å²) in [5, 5.41) is 13.8. The highest BCUT2D eigenvalue weighted by atomic mass is 35.5. The summed E-state index contributed by atoms with van der Waals surface area (Å²) in [4.78, 5) is 17.6. The number of hydrogen-bond donors (Lipinski definition) is 1. The summed E-state index contributed by atoms with van der Waals surface area (Å²) in [5.41, 5.74) is 3.96. The minimum Gasteiger partial charge on any atom is -0.489 e. The molecule has 0 spiro atoms. The van der Waals surface area contributed by atoms with Crippen molar-refractivity contribution in [1.82, 2.24) is 15.0 Å². The van der Waals surface area contributed by atoms with Gasteiger partial charge < -0.3 is 14.4 Å². The van der Waals surface area contributed by atoms with E-state index in [0.29, 0.717) is 35.6 Å². The van der Waals surface area contributed by atoms with Crippen LogP contribution in [0, 0.1) is 0 Å². The fraction of sp³-hybridized carbons (Fsp3) is 0.348.